The van der Waals surface area contributed by atoms with Gasteiger partial charge in [0.15, 0.2) is 0 Å². The van der Waals surface area contributed by atoms with Crippen LogP contribution in [0.25, 0.3) is 0 Å². The molecule has 0 spiro atoms. The zero-order valence-electron chi connectivity index (χ0n) is 9.83. The van der Waals surface area contributed by atoms with E-state index in [-0.39, 0.29) is 11.9 Å². The van der Waals surface area contributed by atoms with Crippen LogP contribution in [-0.2, 0) is 4.79 Å². The van der Waals surface area contributed by atoms with Crippen molar-refractivity contribution in [3.63, 3.8) is 0 Å². The molecule has 1 unspecified atom stereocenters. The Morgan fingerprint density at radius 1 is 1.60 bits per heavy atom. The van der Waals surface area contributed by atoms with Gasteiger partial charge in [-0.1, -0.05) is 13.8 Å². The van der Waals surface area contributed by atoms with Gasteiger partial charge in [0.2, 0.25) is 5.91 Å². The van der Waals surface area contributed by atoms with Gasteiger partial charge in [-0.2, -0.15) is 0 Å². The molecule has 0 aromatic carbocycles. The highest BCUT2D eigenvalue weighted by Crippen LogP contribution is 2.09. The maximum Gasteiger partial charge on any atom is 0.222 e. The van der Waals surface area contributed by atoms with E-state index in [4.69, 9.17) is 5.73 Å². The second-order valence-corrected chi connectivity index (χ2v) is 4.61. The van der Waals surface area contributed by atoms with Crippen LogP contribution in [0, 0.1) is 5.92 Å². The van der Waals surface area contributed by atoms with Crippen LogP contribution >= 0.6 is 0 Å². The molecule has 4 heteroatoms. The molecule has 0 saturated carbocycles. The topological polar surface area (TPSA) is 58.4 Å². The molecule has 0 radical (unpaired) electrons. The van der Waals surface area contributed by atoms with E-state index in [1.807, 2.05) is 4.90 Å². The normalized spacial score (nSPS) is 22.1. The fourth-order valence-corrected chi connectivity index (χ4v) is 1.86. The van der Waals surface area contributed by atoms with Crippen molar-refractivity contribution in [2.24, 2.45) is 11.7 Å². The van der Waals surface area contributed by atoms with E-state index in [9.17, 15) is 4.79 Å². The van der Waals surface area contributed by atoms with Crippen LogP contribution in [0.3, 0.4) is 0 Å². The van der Waals surface area contributed by atoms with Gasteiger partial charge in [-0.25, -0.2) is 0 Å². The van der Waals surface area contributed by atoms with Crippen molar-refractivity contribution in [2.75, 3.05) is 26.2 Å². The molecular formula is C11H23N3O. The maximum atomic E-state index is 11.9. The van der Waals surface area contributed by atoms with Gasteiger partial charge in [-0.3, -0.25) is 4.79 Å². The summed E-state index contributed by atoms with van der Waals surface area (Å²) in [5, 5.41) is 3.26. The summed E-state index contributed by atoms with van der Waals surface area (Å²) in [6.45, 7) is 7.38. The lowest BCUT2D eigenvalue weighted by molar-refractivity contribution is -0.134. The Morgan fingerprint density at radius 3 is 2.93 bits per heavy atom. The molecule has 3 N–H and O–H groups in total. The zero-order valence-corrected chi connectivity index (χ0v) is 9.83. The van der Waals surface area contributed by atoms with Crippen molar-refractivity contribution in [3.8, 4) is 0 Å². The summed E-state index contributed by atoms with van der Waals surface area (Å²) < 4.78 is 0. The molecule has 1 heterocycles. The molecule has 0 aliphatic carbocycles. The largest absolute Gasteiger partial charge is 0.336 e. The minimum absolute atomic E-state index is 0.193. The van der Waals surface area contributed by atoms with Gasteiger partial charge in [0.25, 0.3) is 0 Å². The monoisotopic (exact) mass is 213 g/mol. The van der Waals surface area contributed by atoms with E-state index in [0.717, 1.165) is 26.1 Å². The summed E-state index contributed by atoms with van der Waals surface area (Å²) in [4.78, 5) is 13.9. The van der Waals surface area contributed by atoms with E-state index in [1.165, 1.54) is 0 Å². The summed E-state index contributed by atoms with van der Waals surface area (Å²) in [5.74, 6) is 0.855. The minimum Gasteiger partial charge on any atom is -0.336 e. The summed E-state index contributed by atoms with van der Waals surface area (Å²) >= 11 is 0. The molecule has 1 rings (SSSR count). The first-order valence-corrected chi connectivity index (χ1v) is 5.85. The zero-order chi connectivity index (χ0) is 11.3. The number of carbonyl (C=O) groups is 1. The Kier molecular flexibility index (Phi) is 5.05. The summed E-state index contributed by atoms with van der Waals surface area (Å²) in [5.41, 5.74) is 5.65. The van der Waals surface area contributed by atoms with Crippen molar-refractivity contribution in [2.45, 2.75) is 32.7 Å². The van der Waals surface area contributed by atoms with Crippen LogP contribution in [0.5, 0.6) is 0 Å². The van der Waals surface area contributed by atoms with Crippen molar-refractivity contribution < 1.29 is 4.79 Å². The van der Waals surface area contributed by atoms with Gasteiger partial charge >= 0.3 is 0 Å². The Labute approximate surface area is 92.2 Å². The number of nitrogens with zero attached hydrogens (tertiary/aromatic N) is 1. The second kappa shape index (κ2) is 6.08. The van der Waals surface area contributed by atoms with E-state index in [1.54, 1.807) is 0 Å². The number of rotatable bonds is 4. The van der Waals surface area contributed by atoms with Gasteiger partial charge < -0.3 is 16.0 Å². The number of nitrogens with one attached hydrogen (secondary N) is 1. The lowest BCUT2D eigenvalue weighted by atomic mass is 10.1. The second-order valence-electron chi connectivity index (χ2n) is 4.61. The Morgan fingerprint density at radius 2 is 2.33 bits per heavy atom. The quantitative estimate of drug-likeness (QED) is 0.700. The number of carbonyl (C=O) groups excluding carboxylic acids is 1. The fraction of sp³-hybridized carbons (Fsp3) is 0.909. The lowest BCUT2D eigenvalue weighted by Crippen LogP contribution is -2.56. The van der Waals surface area contributed by atoms with Crippen molar-refractivity contribution in [3.05, 3.63) is 0 Å². The van der Waals surface area contributed by atoms with Gasteiger partial charge in [0, 0.05) is 32.6 Å². The molecule has 15 heavy (non-hydrogen) atoms. The first-order chi connectivity index (χ1) is 7.15. The van der Waals surface area contributed by atoms with Crippen LogP contribution in [0.15, 0.2) is 0 Å². The number of piperazine rings is 1. The highest BCUT2D eigenvalue weighted by Gasteiger charge is 2.24. The van der Waals surface area contributed by atoms with Crippen molar-refractivity contribution in [1.82, 2.24) is 10.2 Å². The minimum atomic E-state index is 0.193. The third kappa shape index (κ3) is 3.80. The molecule has 1 saturated heterocycles. The third-order valence-electron chi connectivity index (χ3n) is 2.88. The van der Waals surface area contributed by atoms with Crippen molar-refractivity contribution >= 4 is 5.91 Å². The summed E-state index contributed by atoms with van der Waals surface area (Å²) in [6.07, 6.45) is 1.63. The van der Waals surface area contributed by atoms with Crippen LogP contribution in [-0.4, -0.2) is 43.0 Å². The first kappa shape index (κ1) is 12.5. The molecule has 0 aromatic rings. The highest BCUT2D eigenvalue weighted by molar-refractivity contribution is 5.76. The molecule has 1 amide bonds. The van der Waals surface area contributed by atoms with Gasteiger partial charge in [-0.05, 0) is 12.3 Å². The van der Waals surface area contributed by atoms with E-state index in [0.29, 0.717) is 18.9 Å². The van der Waals surface area contributed by atoms with E-state index >= 15 is 0 Å². The van der Waals surface area contributed by atoms with Crippen LogP contribution in [0.2, 0.25) is 0 Å². The average Bonchev–Trinajstić information content (AvgIpc) is 2.25. The average molecular weight is 213 g/mol. The summed E-state index contributed by atoms with van der Waals surface area (Å²) in [6, 6.07) is 0.193. The molecule has 0 aromatic heterocycles. The third-order valence-corrected chi connectivity index (χ3v) is 2.88. The number of nitrogens with two attached hydrogens (primary N) is 1. The molecule has 1 fully saturated rings. The Balaban J connectivity index is 2.41. The highest BCUT2D eigenvalue weighted by atomic mass is 16.2. The predicted molar refractivity (Wildman–Crippen MR) is 61.5 cm³/mol. The standard InChI is InChI=1S/C11H23N3O/c1-9(2)3-4-11(15)14-6-5-13-8-10(14)7-12/h9-10,13H,3-8,12H2,1-2H3. The summed E-state index contributed by atoms with van der Waals surface area (Å²) in [7, 11) is 0. The molecule has 0 bridgehead atoms. The molecule has 1 aliphatic heterocycles. The van der Waals surface area contributed by atoms with E-state index < -0.39 is 0 Å². The van der Waals surface area contributed by atoms with Gasteiger partial charge in [0.1, 0.15) is 0 Å². The molecular weight excluding hydrogens is 190 g/mol. The number of hydrogen-bond donors (Lipinski definition) is 2. The number of amides is 1. The van der Waals surface area contributed by atoms with Gasteiger partial charge in [0.05, 0.1) is 6.04 Å². The Bertz CT molecular complexity index is 206. The van der Waals surface area contributed by atoms with E-state index in [2.05, 4.69) is 19.2 Å². The molecule has 1 atom stereocenters. The maximum absolute atomic E-state index is 11.9. The molecule has 1 aliphatic rings. The Hall–Kier alpha value is -0.610. The van der Waals surface area contributed by atoms with Gasteiger partial charge in [-0.15, -0.1) is 0 Å². The SMILES string of the molecule is CC(C)CCC(=O)N1CCNCC1CN. The molecule has 88 valence electrons. The molecule has 4 nitrogen and oxygen atoms in total. The van der Waals surface area contributed by atoms with Crippen molar-refractivity contribution in [1.29, 1.82) is 0 Å². The van der Waals surface area contributed by atoms with Crippen LogP contribution < -0.4 is 11.1 Å². The predicted octanol–water partition coefficient (Wildman–Crippen LogP) is 0.182. The lowest BCUT2D eigenvalue weighted by Gasteiger charge is -2.35. The number of hydrogen-bond acceptors (Lipinski definition) is 3. The fourth-order valence-electron chi connectivity index (χ4n) is 1.86. The smallest absolute Gasteiger partial charge is 0.222 e. The first-order valence-electron chi connectivity index (χ1n) is 5.85. The van der Waals surface area contributed by atoms with Crippen LogP contribution in [0.4, 0.5) is 0 Å². The van der Waals surface area contributed by atoms with Crippen LogP contribution in [0.1, 0.15) is 26.7 Å².